The van der Waals surface area contributed by atoms with Crippen molar-refractivity contribution in [2.75, 3.05) is 11.1 Å². The summed E-state index contributed by atoms with van der Waals surface area (Å²) in [5.74, 6) is -0.621. The molecule has 0 saturated heterocycles. The molecule has 4 rings (SSSR count). The fraction of sp³-hybridized carbons (Fsp3) is 0.0952. The predicted octanol–water partition coefficient (Wildman–Crippen LogP) is 4.23. The standard InChI is InChI=1S/C21H18N4O2S2/c1-13-5-4-6-14(11-13)25-17-8-3-2-7-16(17)23-21(25)29-12-18(26)24-20-15(19(22)27)9-10-28-20/h2-11H,12H2,1H3,(H2,22,27)(H,24,26). The van der Waals surface area contributed by atoms with Gasteiger partial charge >= 0.3 is 0 Å². The molecule has 29 heavy (non-hydrogen) atoms. The summed E-state index contributed by atoms with van der Waals surface area (Å²) in [6, 6.07) is 17.6. The van der Waals surface area contributed by atoms with Crippen LogP contribution in [0, 0.1) is 6.92 Å². The van der Waals surface area contributed by atoms with Gasteiger partial charge in [-0.3, -0.25) is 14.2 Å². The molecule has 6 nitrogen and oxygen atoms in total. The number of thioether (sulfide) groups is 1. The van der Waals surface area contributed by atoms with Crippen LogP contribution < -0.4 is 11.1 Å². The van der Waals surface area contributed by atoms with Gasteiger partial charge in [0.15, 0.2) is 5.16 Å². The third-order valence-corrected chi connectivity index (χ3v) is 6.07. The lowest BCUT2D eigenvalue weighted by atomic mass is 10.2. The number of imidazole rings is 1. The Balaban J connectivity index is 1.59. The van der Waals surface area contributed by atoms with E-state index in [1.165, 1.54) is 23.1 Å². The number of amides is 2. The van der Waals surface area contributed by atoms with Crippen LogP contribution in [0.4, 0.5) is 5.00 Å². The molecule has 2 aromatic carbocycles. The number of hydrogen-bond acceptors (Lipinski definition) is 5. The number of anilines is 1. The number of benzene rings is 2. The zero-order chi connectivity index (χ0) is 20.4. The Labute approximate surface area is 175 Å². The molecule has 0 spiro atoms. The molecule has 0 fully saturated rings. The van der Waals surface area contributed by atoms with Crippen molar-refractivity contribution >= 4 is 50.9 Å². The van der Waals surface area contributed by atoms with Crippen molar-refractivity contribution < 1.29 is 9.59 Å². The van der Waals surface area contributed by atoms with Crippen molar-refractivity contribution in [3.63, 3.8) is 0 Å². The molecule has 2 heterocycles. The predicted molar refractivity (Wildman–Crippen MR) is 118 cm³/mol. The largest absolute Gasteiger partial charge is 0.366 e. The van der Waals surface area contributed by atoms with Crippen LogP contribution in [-0.4, -0.2) is 27.1 Å². The first kappa shape index (κ1) is 19.2. The first-order chi connectivity index (χ1) is 14.0. The monoisotopic (exact) mass is 422 g/mol. The van der Waals surface area contributed by atoms with Crippen molar-refractivity contribution in [1.29, 1.82) is 0 Å². The Morgan fingerprint density at radius 1 is 1.17 bits per heavy atom. The van der Waals surface area contributed by atoms with Crippen molar-refractivity contribution in [3.05, 3.63) is 71.1 Å². The van der Waals surface area contributed by atoms with E-state index in [1.807, 2.05) is 49.4 Å². The van der Waals surface area contributed by atoms with Crippen LogP contribution >= 0.6 is 23.1 Å². The molecule has 0 radical (unpaired) electrons. The van der Waals surface area contributed by atoms with Gasteiger partial charge in [-0.1, -0.05) is 36.0 Å². The Hall–Kier alpha value is -3.10. The van der Waals surface area contributed by atoms with Gasteiger partial charge in [0.25, 0.3) is 5.91 Å². The van der Waals surface area contributed by atoms with E-state index in [0.29, 0.717) is 10.6 Å². The minimum absolute atomic E-state index is 0.158. The van der Waals surface area contributed by atoms with Gasteiger partial charge in [-0.2, -0.15) is 0 Å². The van der Waals surface area contributed by atoms with E-state index in [0.717, 1.165) is 27.4 Å². The normalized spacial score (nSPS) is 10.9. The van der Waals surface area contributed by atoms with Crippen molar-refractivity contribution in [3.8, 4) is 5.69 Å². The summed E-state index contributed by atoms with van der Waals surface area (Å²) in [5.41, 5.74) is 9.65. The van der Waals surface area contributed by atoms with Crippen LogP contribution in [0.2, 0.25) is 0 Å². The molecular weight excluding hydrogens is 404 g/mol. The van der Waals surface area contributed by atoms with Gasteiger partial charge in [0, 0.05) is 5.69 Å². The molecule has 0 bridgehead atoms. The van der Waals surface area contributed by atoms with E-state index in [-0.39, 0.29) is 11.7 Å². The highest BCUT2D eigenvalue weighted by molar-refractivity contribution is 7.99. The van der Waals surface area contributed by atoms with E-state index in [4.69, 9.17) is 10.7 Å². The van der Waals surface area contributed by atoms with Gasteiger partial charge in [-0.25, -0.2) is 4.98 Å². The maximum atomic E-state index is 12.5. The zero-order valence-corrected chi connectivity index (χ0v) is 17.2. The topological polar surface area (TPSA) is 90.0 Å². The van der Waals surface area contributed by atoms with Gasteiger partial charge in [-0.05, 0) is 48.2 Å². The molecule has 8 heteroatoms. The maximum Gasteiger partial charge on any atom is 0.251 e. The van der Waals surface area contributed by atoms with Crippen LogP contribution in [0.1, 0.15) is 15.9 Å². The van der Waals surface area contributed by atoms with Gasteiger partial charge in [0.05, 0.1) is 22.3 Å². The molecule has 0 aliphatic heterocycles. The molecule has 0 saturated carbocycles. The maximum absolute atomic E-state index is 12.5. The Bertz CT molecular complexity index is 1210. The highest BCUT2D eigenvalue weighted by Crippen LogP contribution is 2.29. The van der Waals surface area contributed by atoms with Crippen molar-refractivity contribution in [2.45, 2.75) is 12.1 Å². The van der Waals surface area contributed by atoms with E-state index in [2.05, 4.69) is 16.0 Å². The average Bonchev–Trinajstić information content (AvgIpc) is 3.30. The molecule has 2 aromatic heterocycles. The lowest BCUT2D eigenvalue weighted by Gasteiger charge is -2.10. The number of nitrogens with two attached hydrogens (primary N) is 1. The number of thiophene rings is 1. The molecule has 3 N–H and O–H groups in total. The Kier molecular flexibility index (Phi) is 5.37. The lowest BCUT2D eigenvalue weighted by molar-refractivity contribution is -0.113. The molecule has 4 aromatic rings. The van der Waals surface area contributed by atoms with Crippen LogP contribution in [-0.2, 0) is 4.79 Å². The highest BCUT2D eigenvalue weighted by atomic mass is 32.2. The minimum atomic E-state index is -0.560. The second-order valence-corrected chi connectivity index (χ2v) is 8.28. The summed E-state index contributed by atoms with van der Waals surface area (Å²) in [4.78, 5) is 28.6. The van der Waals surface area contributed by atoms with Gasteiger partial charge in [-0.15, -0.1) is 11.3 Å². The molecule has 146 valence electrons. The number of nitrogens with one attached hydrogen (secondary N) is 1. The van der Waals surface area contributed by atoms with Crippen LogP contribution in [0.25, 0.3) is 16.7 Å². The number of carbonyl (C=O) groups is 2. The summed E-state index contributed by atoms with van der Waals surface area (Å²) < 4.78 is 2.06. The van der Waals surface area contributed by atoms with E-state index < -0.39 is 5.91 Å². The number of aryl methyl sites for hydroxylation is 1. The summed E-state index contributed by atoms with van der Waals surface area (Å²) in [6.45, 7) is 2.04. The average molecular weight is 423 g/mol. The van der Waals surface area contributed by atoms with Gasteiger partial charge < -0.3 is 11.1 Å². The molecule has 0 aliphatic carbocycles. The SMILES string of the molecule is Cc1cccc(-n2c(SCC(=O)Nc3sccc3C(N)=O)nc3ccccc32)c1. The second kappa shape index (κ2) is 8.10. The van der Waals surface area contributed by atoms with Crippen LogP contribution in [0.3, 0.4) is 0 Å². The number of carbonyl (C=O) groups excluding carboxylic acids is 2. The zero-order valence-electron chi connectivity index (χ0n) is 15.6. The Morgan fingerprint density at radius 2 is 2.00 bits per heavy atom. The fourth-order valence-electron chi connectivity index (χ4n) is 3.01. The number of para-hydroxylation sites is 2. The number of primary amides is 1. The smallest absolute Gasteiger partial charge is 0.251 e. The third kappa shape index (κ3) is 4.03. The summed E-state index contributed by atoms with van der Waals surface area (Å²) in [6.07, 6.45) is 0. The molecule has 0 atom stereocenters. The number of aromatic nitrogens is 2. The van der Waals surface area contributed by atoms with Crippen molar-refractivity contribution in [1.82, 2.24) is 9.55 Å². The summed E-state index contributed by atoms with van der Waals surface area (Å²) in [7, 11) is 0. The first-order valence-electron chi connectivity index (χ1n) is 8.87. The first-order valence-corrected chi connectivity index (χ1v) is 10.7. The summed E-state index contributed by atoms with van der Waals surface area (Å²) in [5, 5.41) is 5.69. The number of hydrogen-bond donors (Lipinski definition) is 2. The molecule has 2 amide bonds. The van der Waals surface area contributed by atoms with Crippen LogP contribution in [0.15, 0.2) is 65.1 Å². The van der Waals surface area contributed by atoms with Crippen LogP contribution in [0.5, 0.6) is 0 Å². The number of nitrogens with zero attached hydrogens (tertiary/aromatic N) is 2. The summed E-state index contributed by atoms with van der Waals surface area (Å²) >= 11 is 2.62. The van der Waals surface area contributed by atoms with E-state index >= 15 is 0 Å². The number of rotatable bonds is 6. The second-order valence-electron chi connectivity index (χ2n) is 6.42. The molecule has 0 unspecified atom stereocenters. The molecule has 0 aliphatic rings. The van der Waals surface area contributed by atoms with Gasteiger partial charge in [0.1, 0.15) is 5.00 Å². The highest BCUT2D eigenvalue weighted by Gasteiger charge is 2.16. The van der Waals surface area contributed by atoms with Gasteiger partial charge in [0.2, 0.25) is 5.91 Å². The molecular formula is C21H18N4O2S2. The number of fused-ring (bicyclic) bond motifs is 1. The minimum Gasteiger partial charge on any atom is -0.366 e. The third-order valence-electron chi connectivity index (χ3n) is 4.31. The Morgan fingerprint density at radius 3 is 2.79 bits per heavy atom. The fourth-order valence-corrected chi connectivity index (χ4v) is 4.65. The quantitative estimate of drug-likeness (QED) is 0.455. The van der Waals surface area contributed by atoms with Crippen molar-refractivity contribution in [2.24, 2.45) is 5.73 Å². The lowest BCUT2D eigenvalue weighted by Crippen LogP contribution is -2.18. The van der Waals surface area contributed by atoms with E-state index in [1.54, 1.807) is 11.4 Å². The van der Waals surface area contributed by atoms with E-state index in [9.17, 15) is 9.59 Å².